The van der Waals surface area contributed by atoms with Gasteiger partial charge in [-0.05, 0) is 34.0 Å². The predicted molar refractivity (Wildman–Crippen MR) is 69.8 cm³/mol. The van der Waals surface area contributed by atoms with Crippen LogP contribution in [0, 0.1) is 0 Å². The van der Waals surface area contributed by atoms with Gasteiger partial charge in [-0.1, -0.05) is 19.1 Å². The van der Waals surface area contributed by atoms with Crippen LogP contribution in [0.4, 0.5) is 0 Å². The normalized spacial score (nSPS) is 14.3. The van der Waals surface area contributed by atoms with Crippen molar-refractivity contribution in [2.24, 2.45) is 7.05 Å². The Morgan fingerprint density at radius 3 is 2.35 bits per heavy atom. The molecule has 0 amide bonds. The Bertz CT molecular complexity index is 340. The Kier molecular flexibility index (Phi) is 4.65. The lowest BCUT2D eigenvalue weighted by molar-refractivity contribution is 0.0912. The lowest BCUT2D eigenvalue weighted by atomic mass is 9.90. The lowest BCUT2D eigenvalue weighted by Crippen LogP contribution is -2.52. The number of hydrogen-bond acceptors (Lipinski definition) is 4. The molecule has 0 saturated carbocycles. The van der Waals surface area contributed by atoms with Crippen LogP contribution in [-0.2, 0) is 7.05 Å². The van der Waals surface area contributed by atoms with E-state index in [0.29, 0.717) is 0 Å². The van der Waals surface area contributed by atoms with Crippen molar-refractivity contribution in [3.8, 4) is 0 Å². The highest BCUT2D eigenvalue weighted by Gasteiger charge is 2.35. The average molecular weight is 239 g/mol. The number of hydrogen-bond donors (Lipinski definition) is 1. The van der Waals surface area contributed by atoms with Crippen LogP contribution in [0.2, 0.25) is 0 Å². The molecular formula is C12H25N5. The van der Waals surface area contributed by atoms with Gasteiger partial charge in [0.25, 0.3) is 0 Å². The van der Waals surface area contributed by atoms with Crippen LogP contribution in [-0.4, -0.2) is 45.6 Å². The van der Waals surface area contributed by atoms with E-state index < -0.39 is 0 Å². The fraction of sp³-hybridized carbons (Fsp3) is 0.833. The first-order valence-corrected chi connectivity index (χ1v) is 6.25. The minimum atomic E-state index is 0.0216. The molecule has 0 aliphatic heterocycles. The summed E-state index contributed by atoms with van der Waals surface area (Å²) in [5, 5.41) is 11.4. The van der Waals surface area contributed by atoms with Crippen molar-refractivity contribution in [1.29, 1.82) is 0 Å². The third-order valence-electron chi connectivity index (χ3n) is 3.62. The molecule has 17 heavy (non-hydrogen) atoms. The van der Waals surface area contributed by atoms with Gasteiger partial charge in [0.15, 0.2) is 0 Å². The zero-order chi connectivity index (χ0) is 13.1. The molecule has 0 saturated heterocycles. The second kappa shape index (κ2) is 5.60. The summed E-state index contributed by atoms with van der Waals surface area (Å²) in [4.78, 5) is 2.45. The SMILES string of the molecule is CCN(CC)C(C)(C)C(NC)c1cnnn1C. The van der Waals surface area contributed by atoms with Crippen LogP contribution in [0.1, 0.15) is 39.4 Å². The summed E-state index contributed by atoms with van der Waals surface area (Å²) in [6, 6.07) is 0.211. The van der Waals surface area contributed by atoms with Gasteiger partial charge >= 0.3 is 0 Å². The van der Waals surface area contributed by atoms with Gasteiger partial charge in [0.05, 0.1) is 17.9 Å². The Morgan fingerprint density at radius 1 is 1.41 bits per heavy atom. The Balaban J connectivity index is 3.05. The molecule has 0 bridgehead atoms. The van der Waals surface area contributed by atoms with Crippen LogP contribution in [0.3, 0.4) is 0 Å². The molecule has 1 aromatic heterocycles. The molecule has 0 aliphatic rings. The second-order valence-electron chi connectivity index (χ2n) is 4.83. The predicted octanol–water partition coefficient (Wildman–Crippen LogP) is 1.20. The molecule has 1 atom stereocenters. The van der Waals surface area contributed by atoms with E-state index in [4.69, 9.17) is 0 Å². The van der Waals surface area contributed by atoms with Gasteiger partial charge in [-0.3, -0.25) is 9.58 Å². The highest BCUT2D eigenvalue weighted by atomic mass is 15.4. The third kappa shape index (κ3) is 2.66. The number of nitrogens with zero attached hydrogens (tertiary/aromatic N) is 4. The first kappa shape index (κ1) is 14.1. The van der Waals surface area contributed by atoms with Crippen LogP contribution in [0.15, 0.2) is 6.20 Å². The highest BCUT2D eigenvalue weighted by Crippen LogP contribution is 2.29. The zero-order valence-corrected chi connectivity index (χ0v) is 11.9. The van der Waals surface area contributed by atoms with Crippen LogP contribution in [0.25, 0.3) is 0 Å². The standard InChI is InChI=1S/C12H25N5/c1-7-17(8-2)12(3,4)11(13-5)10-9-14-15-16(10)6/h9,11,13H,7-8H2,1-6H3. The lowest BCUT2D eigenvalue weighted by Gasteiger charge is -2.43. The monoisotopic (exact) mass is 239 g/mol. The molecule has 1 N–H and O–H groups in total. The van der Waals surface area contributed by atoms with Gasteiger partial charge in [-0.15, -0.1) is 5.10 Å². The van der Waals surface area contributed by atoms with E-state index in [0.717, 1.165) is 18.8 Å². The zero-order valence-electron chi connectivity index (χ0n) is 11.9. The average Bonchev–Trinajstić information content (AvgIpc) is 2.67. The van der Waals surface area contributed by atoms with Gasteiger partial charge < -0.3 is 5.32 Å². The molecule has 5 heteroatoms. The summed E-state index contributed by atoms with van der Waals surface area (Å²) >= 11 is 0. The van der Waals surface area contributed by atoms with E-state index in [2.05, 4.69) is 48.2 Å². The smallest absolute Gasteiger partial charge is 0.0771 e. The van der Waals surface area contributed by atoms with Crippen molar-refractivity contribution in [2.45, 2.75) is 39.3 Å². The Morgan fingerprint density at radius 2 is 2.00 bits per heavy atom. The number of rotatable bonds is 6. The summed E-state index contributed by atoms with van der Waals surface area (Å²) in [5.74, 6) is 0. The molecule has 1 aromatic rings. The van der Waals surface area contributed by atoms with E-state index in [1.54, 1.807) is 0 Å². The molecule has 1 rings (SSSR count). The second-order valence-corrected chi connectivity index (χ2v) is 4.83. The summed E-state index contributed by atoms with van der Waals surface area (Å²) in [5.41, 5.74) is 1.14. The van der Waals surface area contributed by atoms with Crippen LogP contribution in [0.5, 0.6) is 0 Å². The fourth-order valence-corrected chi connectivity index (χ4v) is 2.64. The molecule has 0 aromatic carbocycles. The fourth-order valence-electron chi connectivity index (χ4n) is 2.64. The highest BCUT2D eigenvalue weighted by molar-refractivity contribution is 5.10. The van der Waals surface area contributed by atoms with Crippen molar-refractivity contribution >= 4 is 0 Å². The molecule has 1 unspecified atom stereocenters. The Labute approximate surface area is 104 Å². The summed E-state index contributed by atoms with van der Waals surface area (Å²) in [7, 11) is 3.92. The number of nitrogens with one attached hydrogen (secondary N) is 1. The van der Waals surface area contributed by atoms with E-state index in [1.807, 2.05) is 25.0 Å². The largest absolute Gasteiger partial charge is 0.310 e. The Hall–Kier alpha value is -0.940. The van der Waals surface area contributed by atoms with Gasteiger partial charge in [0, 0.05) is 12.6 Å². The van der Waals surface area contributed by atoms with Gasteiger partial charge in [0.1, 0.15) is 0 Å². The molecule has 5 nitrogen and oxygen atoms in total. The summed E-state index contributed by atoms with van der Waals surface area (Å²) < 4.78 is 1.84. The van der Waals surface area contributed by atoms with E-state index in [9.17, 15) is 0 Å². The summed E-state index contributed by atoms with van der Waals surface area (Å²) in [6.07, 6.45) is 1.84. The molecule has 1 heterocycles. The number of aryl methyl sites for hydroxylation is 1. The number of aromatic nitrogens is 3. The molecule has 0 fully saturated rings. The van der Waals surface area contributed by atoms with Crippen molar-refractivity contribution < 1.29 is 0 Å². The molecule has 0 spiro atoms. The maximum Gasteiger partial charge on any atom is 0.0771 e. The number of likely N-dealkylation sites (N-methyl/N-ethyl adjacent to an activating group) is 2. The quantitative estimate of drug-likeness (QED) is 0.810. The maximum absolute atomic E-state index is 4.02. The molecular weight excluding hydrogens is 214 g/mol. The van der Waals surface area contributed by atoms with E-state index >= 15 is 0 Å². The van der Waals surface area contributed by atoms with E-state index in [1.165, 1.54) is 0 Å². The third-order valence-corrected chi connectivity index (χ3v) is 3.62. The van der Waals surface area contributed by atoms with E-state index in [-0.39, 0.29) is 11.6 Å². The van der Waals surface area contributed by atoms with Gasteiger partial charge in [0.2, 0.25) is 0 Å². The molecule has 0 radical (unpaired) electrons. The van der Waals surface area contributed by atoms with Crippen LogP contribution < -0.4 is 5.32 Å². The first-order valence-electron chi connectivity index (χ1n) is 6.25. The van der Waals surface area contributed by atoms with Crippen molar-refractivity contribution in [1.82, 2.24) is 25.2 Å². The van der Waals surface area contributed by atoms with Crippen LogP contribution >= 0.6 is 0 Å². The van der Waals surface area contributed by atoms with Crippen molar-refractivity contribution in [3.63, 3.8) is 0 Å². The van der Waals surface area contributed by atoms with Crippen molar-refractivity contribution in [2.75, 3.05) is 20.1 Å². The minimum Gasteiger partial charge on any atom is -0.310 e. The van der Waals surface area contributed by atoms with Gasteiger partial charge in [-0.2, -0.15) is 0 Å². The topological polar surface area (TPSA) is 46.0 Å². The molecule has 0 aliphatic carbocycles. The maximum atomic E-state index is 4.02. The summed E-state index contributed by atoms with van der Waals surface area (Å²) in [6.45, 7) is 11.0. The molecule has 98 valence electrons. The van der Waals surface area contributed by atoms with Crippen molar-refractivity contribution in [3.05, 3.63) is 11.9 Å². The van der Waals surface area contributed by atoms with Gasteiger partial charge in [-0.25, -0.2) is 0 Å². The first-order chi connectivity index (χ1) is 7.98. The minimum absolute atomic E-state index is 0.0216.